The van der Waals surface area contributed by atoms with Crippen LogP contribution in [-0.2, 0) is 6.61 Å². The van der Waals surface area contributed by atoms with E-state index in [0.717, 1.165) is 0 Å². The number of aliphatic hydroxyl groups excluding tert-OH is 1. The largest absolute Gasteiger partial charge is 0.484 e. The standard InChI is InChI=1S/C12H13FN2O3/c1-7(16)10-4-3-9(5-11(10)13)17-6-12-14-8(2)15-18-12/h3-5,7,16H,6H2,1-2H3. The molecular weight excluding hydrogens is 239 g/mol. The Morgan fingerprint density at radius 2 is 2.28 bits per heavy atom. The van der Waals surface area contributed by atoms with Crippen molar-refractivity contribution in [3.63, 3.8) is 0 Å². The van der Waals surface area contributed by atoms with E-state index in [9.17, 15) is 9.50 Å². The molecule has 0 bridgehead atoms. The number of hydrogen-bond acceptors (Lipinski definition) is 5. The van der Waals surface area contributed by atoms with Gasteiger partial charge >= 0.3 is 0 Å². The Balaban J connectivity index is 2.04. The molecule has 6 heteroatoms. The molecule has 2 rings (SSSR count). The Morgan fingerprint density at radius 3 is 2.83 bits per heavy atom. The van der Waals surface area contributed by atoms with Crippen molar-refractivity contribution in [1.29, 1.82) is 0 Å². The molecule has 2 aromatic rings. The molecule has 0 spiro atoms. The van der Waals surface area contributed by atoms with E-state index >= 15 is 0 Å². The molecule has 0 amide bonds. The molecule has 5 nitrogen and oxygen atoms in total. The minimum absolute atomic E-state index is 0.0777. The van der Waals surface area contributed by atoms with Crippen molar-refractivity contribution >= 4 is 0 Å². The van der Waals surface area contributed by atoms with E-state index in [4.69, 9.17) is 9.26 Å². The molecule has 0 aliphatic heterocycles. The number of benzene rings is 1. The Kier molecular flexibility index (Phi) is 3.57. The molecular formula is C12H13FN2O3. The molecule has 1 aromatic carbocycles. The average molecular weight is 252 g/mol. The van der Waals surface area contributed by atoms with Crippen LogP contribution >= 0.6 is 0 Å². The van der Waals surface area contributed by atoms with Crippen LogP contribution in [0, 0.1) is 12.7 Å². The quantitative estimate of drug-likeness (QED) is 0.902. The van der Waals surface area contributed by atoms with Crippen LogP contribution in [0.1, 0.15) is 30.3 Å². The van der Waals surface area contributed by atoms with Gasteiger partial charge in [-0.2, -0.15) is 4.98 Å². The van der Waals surface area contributed by atoms with Gasteiger partial charge in [0.05, 0.1) is 6.10 Å². The fourth-order valence-electron chi connectivity index (χ4n) is 1.48. The van der Waals surface area contributed by atoms with E-state index in [2.05, 4.69) is 10.1 Å². The number of nitrogens with zero attached hydrogens (tertiary/aromatic N) is 2. The fraction of sp³-hybridized carbons (Fsp3) is 0.333. The van der Waals surface area contributed by atoms with Crippen molar-refractivity contribution in [3.05, 3.63) is 41.3 Å². The van der Waals surface area contributed by atoms with Gasteiger partial charge in [-0.05, 0) is 26.0 Å². The maximum Gasteiger partial charge on any atom is 0.264 e. The summed E-state index contributed by atoms with van der Waals surface area (Å²) in [6, 6.07) is 4.27. The first-order valence-electron chi connectivity index (χ1n) is 5.46. The van der Waals surface area contributed by atoms with Crippen LogP contribution in [0.5, 0.6) is 5.75 Å². The summed E-state index contributed by atoms with van der Waals surface area (Å²) < 4.78 is 23.7. The van der Waals surface area contributed by atoms with Gasteiger partial charge in [0.15, 0.2) is 12.4 Å². The van der Waals surface area contributed by atoms with E-state index < -0.39 is 11.9 Å². The summed E-state index contributed by atoms with van der Waals surface area (Å²) in [6.07, 6.45) is -0.849. The highest BCUT2D eigenvalue weighted by Crippen LogP contribution is 2.22. The zero-order valence-corrected chi connectivity index (χ0v) is 10.1. The summed E-state index contributed by atoms with van der Waals surface area (Å²) in [4.78, 5) is 3.96. The Labute approximate surface area is 103 Å². The average Bonchev–Trinajstić information content (AvgIpc) is 2.72. The molecule has 1 atom stereocenters. The molecule has 0 saturated carbocycles. The lowest BCUT2D eigenvalue weighted by Crippen LogP contribution is -1.99. The molecule has 0 radical (unpaired) electrons. The van der Waals surface area contributed by atoms with Gasteiger partial charge in [0.2, 0.25) is 0 Å². The lowest BCUT2D eigenvalue weighted by molar-refractivity contribution is 0.193. The van der Waals surface area contributed by atoms with Crippen LogP contribution in [0.25, 0.3) is 0 Å². The van der Waals surface area contributed by atoms with Crippen LogP contribution < -0.4 is 4.74 Å². The highest BCUT2D eigenvalue weighted by Gasteiger charge is 2.10. The van der Waals surface area contributed by atoms with Crippen LogP contribution in [-0.4, -0.2) is 15.2 Å². The van der Waals surface area contributed by atoms with Crippen molar-refractivity contribution in [1.82, 2.24) is 10.1 Å². The second-order valence-corrected chi connectivity index (χ2v) is 3.88. The zero-order valence-electron chi connectivity index (χ0n) is 10.1. The lowest BCUT2D eigenvalue weighted by Gasteiger charge is -2.08. The highest BCUT2D eigenvalue weighted by atomic mass is 19.1. The highest BCUT2D eigenvalue weighted by molar-refractivity contribution is 5.30. The van der Waals surface area contributed by atoms with Gasteiger partial charge in [-0.1, -0.05) is 5.16 Å². The van der Waals surface area contributed by atoms with Crippen molar-refractivity contribution in [3.8, 4) is 5.75 Å². The lowest BCUT2D eigenvalue weighted by atomic mass is 10.1. The fourth-order valence-corrected chi connectivity index (χ4v) is 1.48. The number of ether oxygens (including phenoxy) is 1. The minimum atomic E-state index is -0.849. The van der Waals surface area contributed by atoms with E-state index in [1.807, 2.05) is 0 Å². The van der Waals surface area contributed by atoms with E-state index in [1.165, 1.54) is 19.1 Å². The molecule has 1 N–H and O–H groups in total. The summed E-state index contributed by atoms with van der Waals surface area (Å²) in [5.41, 5.74) is 0.232. The molecule has 96 valence electrons. The maximum atomic E-state index is 13.5. The third-order valence-electron chi connectivity index (χ3n) is 2.35. The Morgan fingerprint density at radius 1 is 1.50 bits per heavy atom. The molecule has 0 aliphatic carbocycles. The summed E-state index contributed by atoms with van der Waals surface area (Å²) in [6.45, 7) is 3.28. The molecule has 1 unspecified atom stereocenters. The maximum absolute atomic E-state index is 13.5. The summed E-state index contributed by atoms with van der Waals surface area (Å²) >= 11 is 0. The van der Waals surface area contributed by atoms with E-state index in [0.29, 0.717) is 17.5 Å². The monoisotopic (exact) mass is 252 g/mol. The molecule has 0 fully saturated rings. The van der Waals surface area contributed by atoms with E-state index in [1.54, 1.807) is 13.0 Å². The van der Waals surface area contributed by atoms with Crippen LogP contribution in [0.15, 0.2) is 22.7 Å². The number of hydrogen-bond donors (Lipinski definition) is 1. The minimum Gasteiger partial charge on any atom is -0.484 e. The second-order valence-electron chi connectivity index (χ2n) is 3.88. The number of aryl methyl sites for hydroxylation is 1. The van der Waals surface area contributed by atoms with Gasteiger partial charge < -0.3 is 14.4 Å². The first-order chi connectivity index (χ1) is 8.56. The number of aromatic nitrogens is 2. The summed E-state index contributed by atoms with van der Waals surface area (Å²) in [5.74, 6) is 0.675. The molecule has 1 aromatic heterocycles. The van der Waals surface area contributed by atoms with Crippen molar-refractivity contribution < 1.29 is 18.8 Å². The zero-order chi connectivity index (χ0) is 13.1. The smallest absolute Gasteiger partial charge is 0.264 e. The van der Waals surface area contributed by atoms with Gasteiger partial charge in [0, 0.05) is 11.6 Å². The second kappa shape index (κ2) is 5.14. The van der Waals surface area contributed by atoms with Crippen molar-refractivity contribution in [2.45, 2.75) is 26.6 Å². The summed E-state index contributed by atoms with van der Waals surface area (Å²) in [7, 11) is 0. The SMILES string of the molecule is Cc1noc(COc2ccc(C(C)O)c(F)c2)n1. The number of aliphatic hydroxyl groups is 1. The third kappa shape index (κ3) is 2.84. The number of halogens is 1. The predicted octanol–water partition coefficient (Wildman–Crippen LogP) is 2.15. The van der Waals surface area contributed by atoms with Crippen molar-refractivity contribution in [2.24, 2.45) is 0 Å². The van der Waals surface area contributed by atoms with Gasteiger partial charge in [-0.3, -0.25) is 0 Å². The molecule has 0 aliphatic rings. The van der Waals surface area contributed by atoms with Gasteiger partial charge in [-0.25, -0.2) is 4.39 Å². The normalized spacial score (nSPS) is 12.4. The van der Waals surface area contributed by atoms with Gasteiger partial charge in [0.1, 0.15) is 11.6 Å². The third-order valence-corrected chi connectivity index (χ3v) is 2.35. The van der Waals surface area contributed by atoms with Crippen LogP contribution in [0.4, 0.5) is 4.39 Å². The first kappa shape index (κ1) is 12.5. The summed E-state index contributed by atoms with van der Waals surface area (Å²) in [5, 5.41) is 12.9. The van der Waals surface area contributed by atoms with Crippen LogP contribution in [0.2, 0.25) is 0 Å². The first-order valence-corrected chi connectivity index (χ1v) is 5.46. The Hall–Kier alpha value is -1.95. The molecule has 18 heavy (non-hydrogen) atoms. The van der Waals surface area contributed by atoms with E-state index in [-0.39, 0.29) is 12.2 Å². The van der Waals surface area contributed by atoms with Crippen molar-refractivity contribution in [2.75, 3.05) is 0 Å². The predicted molar refractivity (Wildman–Crippen MR) is 60.4 cm³/mol. The van der Waals surface area contributed by atoms with Crippen LogP contribution in [0.3, 0.4) is 0 Å². The van der Waals surface area contributed by atoms with Gasteiger partial charge in [0.25, 0.3) is 5.89 Å². The molecule has 1 heterocycles. The van der Waals surface area contributed by atoms with Gasteiger partial charge in [-0.15, -0.1) is 0 Å². The number of rotatable bonds is 4. The Bertz CT molecular complexity index is 540. The molecule has 0 saturated heterocycles. The topological polar surface area (TPSA) is 68.4 Å².